The fourth-order valence-electron chi connectivity index (χ4n) is 4.66. The van der Waals surface area contributed by atoms with Crippen molar-refractivity contribution in [3.63, 3.8) is 0 Å². The summed E-state index contributed by atoms with van der Waals surface area (Å²) in [6.45, 7) is 0. The molecular weight excluding hydrogens is 244 g/mol. The Morgan fingerprint density at radius 1 is 0.650 bits per heavy atom. The van der Waals surface area contributed by atoms with Crippen LogP contribution in [0.5, 0.6) is 0 Å². The van der Waals surface area contributed by atoms with E-state index in [1.807, 2.05) is 0 Å². The normalized spacial score (nSPS) is 32.6. The average Bonchev–Trinajstić information content (AvgIpc) is 3.12. The van der Waals surface area contributed by atoms with Crippen molar-refractivity contribution >= 4 is 21.5 Å². The van der Waals surface area contributed by atoms with Gasteiger partial charge in [-0.1, -0.05) is 48.5 Å². The van der Waals surface area contributed by atoms with Crippen LogP contribution in [-0.4, -0.2) is 0 Å². The molecule has 3 aromatic carbocycles. The van der Waals surface area contributed by atoms with Gasteiger partial charge in [0.2, 0.25) is 0 Å². The third kappa shape index (κ3) is 0.958. The van der Waals surface area contributed by atoms with Gasteiger partial charge in [0.1, 0.15) is 0 Å². The highest BCUT2D eigenvalue weighted by molar-refractivity contribution is 6.11. The smallest absolute Gasteiger partial charge is 0.0875 e. The first-order valence-corrected chi connectivity index (χ1v) is 7.52. The van der Waals surface area contributed by atoms with E-state index < -0.39 is 0 Å². The first-order chi connectivity index (χ1) is 9.93. The lowest BCUT2D eigenvalue weighted by Crippen LogP contribution is -2.03. The van der Waals surface area contributed by atoms with E-state index in [1.165, 1.54) is 39.1 Å². The van der Waals surface area contributed by atoms with Crippen LogP contribution < -0.4 is 0 Å². The Hall–Kier alpha value is -1.86. The molecule has 96 valence electrons. The fourth-order valence-corrected chi connectivity index (χ4v) is 4.66. The molecule has 0 radical (unpaired) electrons. The van der Waals surface area contributed by atoms with E-state index in [0.717, 1.165) is 11.8 Å². The molecule has 20 heavy (non-hydrogen) atoms. The van der Waals surface area contributed by atoms with Gasteiger partial charge in [-0.3, -0.25) is 0 Å². The minimum Gasteiger partial charge on any atom is -0.365 e. The third-order valence-electron chi connectivity index (χ3n) is 5.55. The van der Waals surface area contributed by atoms with Crippen molar-refractivity contribution in [2.24, 2.45) is 11.8 Å². The van der Waals surface area contributed by atoms with Gasteiger partial charge in [-0.05, 0) is 50.9 Å². The molecule has 4 atom stereocenters. The molecule has 1 saturated carbocycles. The molecule has 1 aliphatic carbocycles. The van der Waals surface area contributed by atoms with E-state index in [1.54, 1.807) is 0 Å². The van der Waals surface area contributed by atoms with E-state index >= 15 is 0 Å². The molecule has 6 rings (SSSR count). The summed E-state index contributed by atoms with van der Waals surface area (Å²) in [5.74, 6) is 1.61. The molecule has 3 aromatic rings. The van der Waals surface area contributed by atoms with Crippen molar-refractivity contribution in [2.75, 3.05) is 0 Å². The third-order valence-corrected chi connectivity index (χ3v) is 5.55. The molecule has 0 spiro atoms. The molecule has 0 N–H and O–H groups in total. The zero-order valence-corrected chi connectivity index (χ0v) is 11.0. The molecule has 2 aliphatic heterocycles. The van der Waals surface area contributed by atoms with E-state index in [4.69, 9.17) is 4.74 Å². The van der Waals surface area contributed by atoms with Gasteiger partial charge in [0.15, 0.2) is 0 Å². The van der Waals surface area contributed by atoms with Crippen LogP contribution in [0.4, 0.5) is 0 Å². The van der Waals surface area contributed by atoms with E-state index in [9.17, 15) is 0 Å². The Morgan fingerprint density at radius 3 is 1.60 bits per heavy atom. The predicted octanol–water partition coefficient (Wildman–Crippen LogP) is 4.76. The van der Waals surface area contributed by atoms with Crippen LogP contribution in [0.1, 0.15) is 29.8 Å². The minimum atomic E-state index is 0.370. The Balaban J connectivity index is 1.90. The molecule has 1 heteroatoms. The van der Waals surface area contributed by atoms with Crippen LogP contribution in [0.2, 0.25) is 0 Å². The summed E-state index contributed by atoms with van der Waals surface area (Å²) in [7, 11) is 0. The lowest BCUT2D eigenvalue weighted by Gasteiger charge is -2.17. The second-order valence-corrected chi connectivity index (χ2v) is 6.46. The van der Waals surface area contributed by atoms with Crippen LogP contribution in [0.25, 0.3) is 21.5 Å². The summed E-state index contributed by atoms with van der Waals surface area (Å²) in [6.07, 6.45) is 2.11. The van der Waals surface area contributed by atoms with Gasteiger partial charge in [0, 0.05) is 0 Å². The van der Waals surface area contributed by atoms with Crippen molar-refractivity contribution in [2.45, 2.75) is 18.6 Å². The number of fused-ring (bicyclic) bond motifs is 13. The number of ether oxygens (including phenoxy) is 1. The van der Waals surface area contributed by atoms with Gasteiger partial charge >= 0.3 is 0 Å². The van der Waals surface area contributed by atoms with E-state index in [-0.39, 0.29) is 0 Å². The topological polar surface area (TPSA) is 9.23 Å². The molecule has 2 heterocycles. The zero-order chi connectivity index (χ0) is 12.8. The maximum absolute atomic E-state index is 6.32. The first kappa shape index (κ1) is 9.95. The highest BCUT2D eigenvalue weighted by Gasteiger charge is 2.62. The van der Waals surface area contributed by atoms with Crippen LogP contribution in [0.3, 0.4) is 0 Å². The lowest BCUT2D eigenvalue weighted by molar-refractivity contribution is 0.0400. The highest BCUT2D eigenvalue weighted by Crippen LogP contribution is 2.70. The summed E-state index contributed by atoms with van der Waals surface area (Å²) >= 11 is 0. The van der Waals surface area contributed by atoms with Gasteiger partial charge in [-0.15, -0.1) is 0 Å². The maximum Gasteiger partial charge on any atom is 0.0875 e. The summed E-state index contributed by atoms with van der Waals surface area (Å²) in [4.78, 5) is 0. The van der Waals surface area contributed by atoms with Crippen molar-refractivity contribution < 1.29 is 4.74 Å². The fraction of sp³-hybridized carbons (Fsp3) is 0.263. The van der Waals surface area contributed by atoms with E-state index in [0.29, 0.717) is 12.2 Å². The number of hydrogen-bond donors (Lipinski definition) is 0. The van der Waals surface area contributed by atoms with Crippen molar-refractivity contribution in [1.29, 1.82) is 0 Å². The first-order valence-electron chi connectivity index (χ1n) is 7.52. The Morgan fingerprint density at radius 2 is 1.10 bits per heavy atom. The zero-order valence-electron chi connectivity index (χ0n) is 11.0. The summed E-state index contributed by atoms with van der Waals surface area (Å²) in [5, 5.41) is 5.60. The average molecular weight is 258 g/mol. The molecular formula is C19H14O. The standard InChI is InChI=1S/C19H14O/c1-3-7-12-10(5-1)11-6-2-4-8-13(11)17-16(12)18-14-9-15(14)19(17)20-18/h1-8,14-15,18-19H,9H2. The molecule has 1 nitrogen and oxygen atoms in total. The molecule has 0 aromatic heterocycles. The van der Waals surface area contributed by atoms with Gasteiger partial charge in [-0.2, -0.15) is 0 Å². The van der Waals surface area contributed by atoms with Gasteiger partial charge in [-0.25, -0.2) is 0 Å². The maximum atomic E-state index is 6.32. The van der Waals surface area contributed by atoms with Gasteiger partial charge < -0.3 is 4.74 Å². The monoisotopic (exact) mass is 258 g/mol. The van der Waals surface area contributed by atoms with Crippen LogP contribution in [0.15, 0.2) is 48.5 Å². The second-order valence-electron chi connectivity index (χ2n) is 6.46. The highest BCUT2D eigenvalue weighted by atomic mass is 16.5. The van der Waals surface area contributed by atoms with Crippen molar-refractivity contribution in [3.8, 4) is 0 Å². The van der Waals surface area contributed by atoms with Crippen LogP contribution in [0, 0.1) is 11.8 Å². The Kier molecular flexibility index (Phi) is 1.53. The van der Waals surface area contributed by atoms with Crippen LogP contribution >= 0.6 is 0 Å². The summed E-state index contributed by atoms with van der Waals surface area (Å²) in [6, 6.07) is 17.7. The molecule has 0 amide bonds. The number of benzene rings is 3. The van der Waals surface area contributed by atoms with E-state index in [2.05, 4.69) is 48.5 Å². The molecule has 4 unspecified atom stereocenters. The number of hydrogen-bond acceptors (Lipinski definition) is 1. The Bertz CT molecular complexity index is 822. The summed E-state index contributed by atoms with van der Waals surface area (Å²) < 4.78 is 6.32. The largest absolute Gasteiger partial charge is 0.365 e. The predicted molar refractivity (Wildman–Crippen MR) is 79.6 cm³/mol. The lowest BCUT2D eigenvalue weighted by atomic mass is 9.83. The molecule has 2 bridgehead atoms. The van der Waals surface area contributed by atoms with Crippen LogP contribution in [-0.2, 0) is 4.74 Å². The second kappa shape index (κ2) is 3.07. The summed E-state index contributed by atoms with van der Waals surface area (Å²) in [5.41, 5.74) is 3.01. The molecule has 3 aliphatic rings. The SMILES string of the molecule is c1ccc2c(c1)c1c(c3ccccc32)C2OC1C1CC21. The Labute approximate surface area is 117 Å². The van der Waals surface area contributed by atoms with Crippen molar-refractivity contribution in [1.82, 2.24) is 0 Å². The van der Waals surface area contributed by atoms with Gasteiger partial charge in [0.25, 0.3) is 0 Å². The number of rotatable bonds is 0. The molecule has 1 saturated heterocycles. The minimum absolute atomic E-state index is 0.370. The quantitative estimate of drug-likeness (QED) is 0.528. The molecule has 2 fully saturated rings. The van der Waals surface area contributed by atoms with Crippen molar-refractivity contribution in [3.05, 3.63) is 59.7 Å². The van der Waals surface area contributed by atoms with Gasteiger partial charge in [0.05, 0.1) is 12.2 Å².